The maximum atomic E-state index is 11.6. The fraction of sp³-hybridized carbons (Fsp3) is 0.900. The largest absolute Gasteiger partial charge is 0.383 e. The molecule has 14 heavy (non-hydrogen) atoms. The number of nitrogens with one attached hydrogen (secondary N) is 1. The van der Waals surface area contributed by atoms with Crippen LogP contribution >= 0.6 is 0 Å². The van der Waals surface area contributed by atoms with Crippen molar-refractivity contribution in [3.05, 3.63) is 0 Å². The number of amides is 1. The average Bonchev–Trinajstić information content (AvgIpc) is 2.19. The number of hydrogen-bond donors (Lipinski definition) is 1. The zero-order valence-electron chi connectivity index (χ0n) is 9.08. The van der Waals surface area contributed by atoms with Crippen LogP contribution in [0.3, 0.4) is 0 Å². The van der Waals surface area contributed by atoms with Crippen LogP contribution in [0.5, 0.6) is 0 Å². The van der Waals surface area contributed by atoms with Crippen molar-refractivity contribution < 1.29 is 9.53 Å². The van der Waals surface area contributed by atoms with Crippen LogP contribution in [0.25, 0.3) is 0 Å². The van der Waals surface area contributed by atoms with Gasteiger partial charge in [0, 0.05) is 19.6 Å². The van der Waals surface area contributed by atoms with Crippen molar-refractivity contribution in [3.8, 4) is 0 Å². The number of ether oxygens (including phenoxy) is 1. The van der Waals surface area contributed by atoms with Crippen LogP contribution in [0, 0.1) is 5.92 Å². The predicted molar refractivity (Wildman–Crippen MR) is 55.1 cm³/mol. The number of methoxy groups -OCH3 is 1. The van der Waals surface area contributed by atoms with Gasteiger partial charge in [-0.15, -0.1) is 0 Å². The minimum absolute atomic E-state index is 0.190. The smallest absolute Gasteiger partial charge is 0.223 e. The third-order valence-electron chi connectivity index (χ3n) is 2.69. The number of piperidine rings is 1. The number of carbonyl (C=O) groups is 1. The summed E-state index contributed by atoms with van der Waals surface area (Å²) in [5.74, 6) is 0.401. The first-order valence-corrected chi connectivity index (χ1v) is 5.19. The molecule has 0 atom stereocenters. The van der Waals surface area contributed by atoms with Gasteiger partial charge in [-0.2, -0.15) is 0 Å². The van der Waals surface area contributed by atoms with Crippen LogP contribution in [-0.4, -0.2) is 51.2 Å². The molecule has 0 aliphatic carbocycles. The quantitative estimate of drug-likeness (QED) is 0.654. The van der Waals surface area contributed by atoms with Crippen LogP contribution in [-0.2, 0) is 9.53 Å². The van der Waals surface area contributed by atoms with Crippen molar-refractivity contribution in [1.29, 1.82) is 0 Å². The van der Waals surface area contributed by atoms with Gasteiger partial charge in [-0.25, -0.2) is 0 Å². The summed E-state index contributed by atoms with van der Waals surface area (Å²) in [4.78, 5) is 13.9. The molecule has 1 N–H and O–H groups in total. The van der Waals surface area contributed by atoms with E-state index in [1.807, 2.05) is 0 Å². The Kier molecular flexibility index (Phi) is 4.90. The summed E-state index contributed by atoms with van der Waals surface area (Å²) in [6.45, 7) is 3.28. The molecule has 0 spiro atoms. The topological polar surface area (TPSA) is 41.6 Å². The van der Waals surface area contributed by atoms with Gasteiger partial charge in [0.1, 0.15) is 0 Å². The lowest BCUT2D eigenvalue weighted by Gasteiger charge is -2.27. The van der Waals surface area contributed by atoms with Gasteiger partial charge in [0.05, 0.1) is 6.61 Å². The molecule has 1 amide bonds. The molecule has 1 heterocycles. The van der Waals surface area contributed by atoms with Crippen molar-refractivity contribution in [3.63, 3.8) is 0 Å². The summed E-state index contributed by atoms with van der Waals surface area (Å²) in [5, 5.41) is 2.89. The summed E-state index contributed by atoms with van der Waals surface area (Å²) in [6.07, 6.45) is 1.96. The molecule has 82 valence electrons. The van der Waals surface area contributed by atoms with E-state index in [1.165, 1.54) is 0 Å². The Balaban J connectivity index is 2.17. The fourth-order valence-corrected chi connectivity index (χ4v) is 1.69. The third-order valence-corrected chi connectivity index (χ3v) is 2.69. The number of nitrogens with zero attached hydrogens (tertiary/aromatic N) is 1. The van der Waals surface area contributed by atoms with Gasteiger partial charge in [-0.3, -0.25) is 4.79 Å². The third kappa shape index (κ3) is 3.64. The Bertz CT molecular complexity index is 177. The van der Waals surface area contributed by atoms with Gasteiger partial charge in [0.2, 0.25) is 5.91 Å². The Hall–Kier alpha value is -0.610. The molecule has 0 radical (unpaired) electrons. The molecule has 0 aromatic rings. The minimum atomic E-state index is 0.190. The van der Waals surface area contributed by atoms with E-state index in [9.17, 15) is 4.79 Å². The van der Waals surface area contributed by atoms with E-state index in [0.29, 0.717) is 13.2 Å². The van der Waals surface area contributed by atoms with Crippen LogP contribution in [0.2, 0.25) is 0 Å². The van der Waals surface area contributed by atoms with Gasteiger partial charge < -0.3 is 15.0 Å². The van der Waals surface area contributed by atoms with Gasteiger partial charge in [-0.05, 0) is 33.0 Å². The normalized spacial score (nSPS) is 19.6. The SMILES string of the molecule is COCCNC(=O)C1CCN(C)CC1. The molecule has 1 aliphatic heterocycles. The number of likely N-dealkylation sites (tertiary alicyclic amines) is 1. The van der Waals surface area contributed by atoms with E-state index in [2.05, 4.69) is 17.3 Å². The average molecular weight is 200 g/mol. The summed E-state index contributed by atoms with van der Waals surface area (Å²) < 4.78 is 4.87. The molecule has 1 aliphatic rings. The molecule has 0 bridgehead atoms. The van der Waals surface area contributed by atoms with Gasteiger partial charge in [0.25, 0.3) is 0 Å². The summed E-state index contributed by atoms with van der Waals surface area (Å²) >= 11 is 0. The highest BCUT2D eigenvalue weighted by atomic mass is 16.5. The molecule has 1 saturated heterocycles. The fourth-order valence-electron chi connectivity index (χ4n) is 1.69. The zero-order chi connectivity index (χ0) is 10.4. The second-order valence-corrected chi connectivity index (χ2v) is 3.86. The summed E-state index contributed by atoms with van der Waals surface area (Å²) in [7, 11) is 3.74. The maximum absolute atomic E-state index is 11.6. The van der Waals surface area contributed by atoms with E-state index in [1.54, 1.807) is 7.11 Å². The number of hydrogen-bond acceptors (Lipinski definition) is 3. The van der Waals surface area contributed by atoms with Crippen molar-refractivity contribution in [2.75, 3.05) is 40.4 Å². The Morgan fingerprint density at radius 3 is 2.71 bits per heavy atom. The molecule has 0 saturated carbocycles. The molecule has 4 heteroatoms. The Labute approximate surface area is 85.6 Å². The van der Waals surface area contributed by atoms with Crippen molar-refractivity contribution >= 4 is 5.91 Å². The highest BCUT2D eigenvalue weighted by Crippen LogP contribution is 2.15. The van der Waals surface area contributed by atoms with E-state index < -0.39 is 0 Å². The minimum Gasteiger partial charge on any atom is -0.383 e. The second kappa shape index (κ2) is 5.98. The van der Waals surface area contributed by atoms with E-state index >= 15 is 0 Å². The summed E-state index contributed by atoms with van der Waals surface area (Å²) in [5.41, 5.74) is 0. The molecule has 0 aromatic carbocycles. The van der Waals surface area contributed by atoms with Gasteiger partial charge >= 0.3 is 0 Å². The first kappa shape index (κ1) is 11.5. The molecular weight excluding hydrogens is 180 g/mol. The van der Waals surface area contributed by atoms with E-state index in [0.717, 1.165) is 25.9 Å². The highest BCUT2D eigenvalue weighted by Gasteiger charge is 2.22. The zero-order valence-corrected chi connectivity index (χ0v) is 9.08. The number of carbonyl (C=O) groups excluding carboxylic acids is 1. The maximum Gasteiger partial charge on any atom is 0.223 e. The van der Waals surface area contributed by atoms with Gasteiger partial charge in [-0.1, -0.05) is 0 Å². The monoisotopic (exact) mass is 200 g/mol. The molecule has 1 rings (SSSR count). The van der Waals surface area contributed by atoms with Crippen molar-refractivity contribution in [1.82, 2.24) is 10.2 Å². The van der Waals surface area contributed by atoms with Crippen LogP contribution in [0.4, 0.5) is 0 Å². The summed E-state index contributed by atoms with van der Waals surface area (Å²) in [6, 6.07) is 0. The molecule has 0 unspecified atom stereocenters. The van der Waals surface area contributed by atoms with Gasteiger partial charge in [0.15, 0.2) is 0 Å². The van der Waals surface area contributed by atoms with E-state index in [4.69, 9.17) is 4.74 Å². The van der Waals surface area contributed by atoms with Crippen LogP contribution < -0.4 is 5.32 Å². The van der Waals surface area contributed by atoms with E-state index in [-0.39, 0.29) is 11.8 Å². The standard InChI is InChI=1S/C10H20N2O2/c1-12-6-3-9(4-7-12)10(13)11-5-8-14-2/h9H,3-8H2,1-2H3,(H,11,13). The molecule has 1 fully saturated rings. The number of rotatable bonds is 4. The predicted octanol–water partition coefficient (Wildman–Crippen LogP) is 0.0908. The highest BCUT2D eigenvalue weighted by molar-refractivity contribution is 5.78. The lowest BCUT2D eigenvalue weighted by molar-refractivity contribution is -0.126. The Morgan fingerprint density at radius 1 is 1.50 bits per heavy atom. The van der Waals surface area contributed by atoms with Crippen molar-refractivity contribution in [2.24, 2.45) is 5.92 Å². The second-order valence-electron chi connectivity index (χ2n) is 3.86. The Morgan fingerprint density at radius 2 is 2.14 bits per heavy atom. The van der Waals surface area contributed by atoms with Crippen molar-refractivity contribution in [2.45, 2.75) is 12.8 Å². The molecular formula is C10H20N2O2. The van der Waals surface area contributed by atoms with Crippen LogP contribution in [0.1, 0.15) is 12.8 Å². The molecule has 0 aromatic heterocycles. The van der Waals surface area contributed by atoms with Crippen LogP contribution in [0.15, 0.2) is 0 Å². The first-order valence-electron chi connectivity index (χ1n) is 5.19. The molecule has 4 nitrogen and oxygen atoms in total. The lowest BCUT2D eigenvalue weighted by Crippen LogP contribution is -2.39. The first-order chi connectivity index (χ1) is 6.74. The lowest BCUT2D eigenvalue weighted by atomic mass is 9.96.